The minimum atomic E-state index is -0.426. The first-order valence-corrected chi connectivity index (χ1v) is 11.6. The SMILES string of the molecule is COc1cc(-c2csc(=Nc3ccccc3[N+](=O)[O-])n2CCc2ccccn2)cc(OC)c1OC. The number of hydrogen-bond acceptors (Lipinski definition) is 8. The fourth-order valence-electron chi connectivity index (χ4n) is 3.68. The Hall–Kier alpha value is -4.18. The maximum atomic E-state index is 11.5. The van der Waals surface area contributed by atoms with Crippen LogP contribution >= 0.6 is 11.3 Å². The standard InChI is InChI=1S/C25H24N4O5S/c1-32-22-14-17(15-23(33-2)24(22)34-3)21-16-35-25(27-19-9-4-5-10-20(19)29(30)31)28(21)13-11-18-8-6-7-12-26-18/h4-10,12,14-16H,11,13H2,1-3H3. The maximum Gasteiger partial charge on any atom is 0.294 e. The van der Waals surface area contributed by atoms with E-state index in [1.165, 1.54) is 17.4 Å². The molecule has 4 rings (SSSR count). The molecule has 0 fully saturated rings. The van der Waals surface area contributed by atoms with Gasteiger partial charge in [0.1, 0.15) is 5.69 Å². The quantitative estimate of drug-likeness (QED) is 0.240. The number of aryl methyl sites for hydroxylation is 1. The lowest BCUT2D eigenvalue weighted by Crippen LogP contribution is -2.17. The Morgan fingerprint density at radius 2 is 1.74 bits per heavy atom. The van der Waals surface area contributed by atoms with Gasteiger partial charge in [-0.25, -0.2) is 4.99 Å². The summed E-state index contributed by atoms with van der Waals surface area (Å²) in [5.41, 5.74) is 2.87. The predicted molar refractivity (Wildman–Crippen MR) is 134 cm³/mol. The van der Waals surface area contributed by atoms with Gasteiger partial charge in [0, 0.05) is 41.9 Å². The van der Waals surface area contributed by atoms with E-state index in [2.05, 4.69) is 9.98 Å². The molecule has 0 aliphatic heterocycles. The van der Waals surface area contributed by atoms with Crippen LogP contribution in [0.15, 0.2) is 71.2 Å². The summed E-state index contributed by atoms with van der Waals surface area (Å²) in [6, 6.07) is 16.0. The molecule has 0 bridgehead atoms. The van der Waals surface area contributed by atoms with Crippen LogP contribution in [0.2, 0.25) is 0 Å². The van der Waals surface area contributed by atoms with Crippen molar-refractivity contribution in [2.75, 3.05) is 21.3 Å². The van der Waals surface area contributed by atoms with Gasteiger partial charge in [-0.1, -0.05) is 18.2 Å². The number of nitro groups is 1. The van der Waals surface area contributed by atoms with Crippen LogP contribution in [0, 0.1) is 10.1 Å². The molecule has 0 aliphatic rings. The van der Waals surface area contributed by atoms with Crippen LogP contribution in [0.5, 0.6) is 17.2 Å². The zero-order chi connectivity index (χ0) is 24.8. The number of nitro benzene ring substituents is 1. The molecular formula is C25H24N4O5S. The number of para-hydroxylation sites is 2. The van der Waals surface area contributed by atoms with Gasteiger partial charge in [0.2, 0.25) is 5.75 Å². The average Bonchev–Trinajstić information content (AvgIpc) is 3.29. The highest BCUT2D eigenvalue weighted by molar-refractivity contribution is 7.07. The third-order valence-corrected chi connectivity index (χ3v) is 6.23. The first-order chi connectivity index (χ1) is 17.0. The van der Waals surface area contributed by atoms with Crippen molar-refractivity contribution in [3.63, 3.8) is 0 Å². The molecule has 9 nitrogen and oxygen atoms in total. The van der Waals surface area contributed by atoms with Crippen molar-refractivity contribution >= 4 is 22.7 Å². The molecule has 2 heterocycles. The molecule has 4 aromatic rings. The van der Waals surface area contributed by atoms with Crippen LogP contribution in [0.1, 0.15) is 5.69 Å². The van der Waals surface area contributed by atoms with Gasteiger partial charge in [0.25, 0.3) is 5.69 Å². The van der Waals surface area contributed by atoms with Crippen molar-refractivity contribution in [3.8, 4) is 28.5 Å². The van der Waals surface area contributed by atoms with Crippen LogP contribution in [-0.2, 0) is 13.0 Å². The molecule has 10 heteroatoms. The summed E-state index contributed by atoms with van der Waals surface area (Å²) in [5, 5.41) is 13.5. The van der Waals surface area contributed by atoms with E-state index in [9.17, 15) is 10.1 Å². The smallest absolute Gasteiger partial charge is 0.294 e. The lowest BCUT2D eigenvalue weighted by atomic mass is 10.1. The van der Waals surface area contributed by atoms with E-state index in [1.807, 2.05) is 40.3 Å². The molecular weight excluding hydrogens is 468 g/mol. The molecule has 0 saturated carbocycles. The Balaban J connectivity index is 1.88. The van der Waals surface area contributed by atoms with E-state index < -0.39 is 4.92 Å². The summed E-state index contributed by atoms with van der Waals surface area (Å²) in [6.45, 7) is 0.561. The first-order valence-electron chi connectivity index (χ1n) is 10.7. The largest absolute Gasteiger partial charge is 0.493 e. The second-order valence-electron chi connectivity index (χ2n) is 7.40. The summed E-state index contributed by atoms with van der Waals surface area (Å²) in [5.74, 6) is 1.56. The second-order valence-corrected chi connectivity index (χ2v) is 8.23. The van der Waals surface area contributed by atoms with Gasteiger partial charge in [-0.3, -0.25) is 15.1 Å². The molecule has 0 atom stereocenters. The van der Waals surface area contributed by atoms with E-state index in [0.717, 1.165) is 17.0 Å². The first kappa shape index (κ1) is 24.0. The fraction of sp³-hybridized carbons (Fsp3) is 0.200. The van der Waals surface area contributed by atoms with E-state index in [4.69, 9.17) is 14.2 Å². The van der Waals surface area contributed by atoms with Gasteiger partial charge >= 0.3 is 0 Å². The lowest BCUT2D eigenvalue weighted by Gasteiger charge is -2.15. The number of ether oxygens (including phenoxy) is 3. The Morgan fingerprint density at radius 3 is 2.37 bits per heavy atom. The monoisotopic (exact) mass is 492 g/mol. The highest BCUT2D eigenvalue weighted by Crippen LogP contribution is 2.41. The normalized spacial score (nSPS) is 11.3. The van der Waals surface area contributed by atoms with Crippen molar-refractivity contribution in [1.29, 1.82) is 0 Å². The van der Waals surface area contributed by atoms with Crippen molar-refractivity contribution in [2.45, 2.75) is 13.0 Å². The van der Waals surface area contributed by atoms with Crippen LogP contribution in [0.3, 0.4) is 0 Å². The minimum absolute atomic E-state index is 0.0495. The summed E-state index contributed by atoms with van der Waals surface area (Å²) in [4.78, 5) is 20.8. The molecule has 0 aliphatic carbocycles. The second kappa shape index (κ2) is 10.8. The van der Waals surface area contributed by atoms with Crippen LogP contribution < -0.4 is 19.0 Å². The molecule has 2 aromatic heterocycles. The van der Waals surface area contributed by atoms with Crippen LogP contribution in [0.4, 0.5) is 11.4 Å². The predicted octanol–water partition coefficient (Wildman–Crippen LogP) is 5.02. The molecule has 0 saturated heterocycles. The maximum absolute atomic E-state index is 11.5. The van der Waals surface area contributed by atoms with Gasteiger partial charge in [0.15, 0.2) is 16.3 Å². The Morgan fingerprint density at radius 1 is 1.03 bits per heavy atom. The topological polar surface area (TPSA) is 101 Å². The highest BCUT2D eigenvalue weighted by Gasteiger charge is 2.18. The summed E-state index contributed by atoms with van der Waals surface area (Å²) < 4.78 is 18.6. The minimum Gasteiger partial charge on any atom is -0.493 e. The number of benzene rings is 2. The van der Waals surface area contributed by atoms with Gasteiger partial charge in [-0.05, 0) is 30.3 Å². The van der Waals surface area contributed by atoms with Crippen molar-refractivity contribution in [1.82, 2.24) is 9.55 Å². The molecule has 180 valence electrons. The number of aromatic nitrogens is 2. The van der Waals surface area contributed by atoms with Crippen LogP contribution in [-0.4, -0.2) is 35.8 Å². The van der Waals surface area contributed by atoms with Gasteiger partial charge in [-0.2, -0.15) is 0 Å². The molecule has 0 unspecified atom stereocenters. The number of methoxy groups -OCH3 is 3. The van der Waals surface area contributed by atoms with E-state index in [1.54, 1.807) is 45.7 Å². The van der Waals surface area contributed by atoms with Gasteiger partial charge in [0.05, 0.1) is 31.9 Å². The van der Waals surface area contributed by atoms with Gasteiger partial charge in [-0.15, -0.1) is 11.3 Å². The molecule has 2 aromatic carbocycles. The molecule has 35 heavy (non-hydrogen) atoms. The average molecular weight is 493 g/mol. The molecule has 0 amide bonds. The summed E-state index contributed by atoms with van der Waals surface area (Å²) in [6.07, 6.45) is 2.41. The zero-order valence-electron chi connectivity index (χ0n) is 19.5. The summed E-state index contributed by atoms with van der Waals surface area (Å²) >= 11 is 1.40. The Labute approximate surface area is 206 Å². The Kier molecular flexibility index (Phi) is 7.41. The molecule has 0 spiro atoms. The van der Waals surface area contributed by atoms with E-state index in [-0.39, 0.29) is 5.69 Å². The van der Waals surface area contributed by atoms with Crippen LogP contribution in [0.25, 0.3) is 11.3 Å². The number of rotatable bonds is 9. The Bertz CT molecular complexity index is 1370. The number of thiazole rings is 1. The summed E-state index contributed by atoms with van der Waals surface area (Å²) in [7, 11) is 4.69. The van der Waals surface area contributed by atoms with E-state index >= 15 is 0 Å². The molecule has 0 N–H and O–H groups in total. The zero-order valence-corrected chi connectivity index (χ0v) is 20.3. The fourth-order valence-corrected chi connectivity index (χ4v) is 4.63. The third-order valence-electron chi connectivity index (χ3n) is 5.37. The van der Waals surface area contributed by atoms with Crippen molar-refractivity contribution < 1.29 is 19.1 Å². The van der Waals surface area contributed by atoms with Crippen molar-refractivity contribution in [3.05, 3.63) is 86.8 Å². The molecule has 0 radical (unpaired) electrons. The van der Waals surface area contributed by atoms with Crippen molar-refractivity contribution in [2.24, 2.45) is 4.99 Å². The lowest BCUT2D eigenvalue weighted by molar-refractivity contribution is -0.384. The van der Waals surface area contributed by atoms with E-state index in [0.29, 0.717) is 40.7 Å². The third kappa shape index (κ3) is 5.17. The number of pyridine rings is 1. The van der Waals surface area contributed by atoms with Gasteiger partial charge < -0.3 is 18.8 Å². The highest BCUT2D eigenvalue weighted by atomic mass is 32.1. The number of hydrogen-bond donors (Lipinski definition) is 0. The number of nitrogens with zero attached hydrogens (tertiary/aromatic N) is 4.